The number of pyridine rings is 1. The zero-order valence-electron chi connectivity index (χ0n) is 14.5. The standard InChI is InChI=1S/C18H23N3O3S/c1-14-10-16(18(22)11-15(14)2)13-20-6-8-21(9-7-20)25(23,24)17-4-3-5-19-12-17/h3-5,10-12,22H,6-9,13H2,1-2H3. The van der Waals surface area contributed by atoms with Gasteiger partial charge in [0.2, 0.25) is 10.0 Å². The summed E-state index contributed by atoms with van der Waals surface area (Å²) in [6, 6.07) is 6.99. The third kappa shape index (κ3) is 3.84. The summed E-state index contributed by atoms with van der Waals surface area (Å²) in [5.41, 5.74) is 3.09. The molecule has 3 rings (SSSR count). The number of hydrogen-bond donors (Lipinski definition) is 1. The first-order valence-corrected chi connectivity index (χ1v) is 9.73. The molecule has 2 aromatic rings. The maximum atomic E-state index is 12.6. The summed E-state index contributed by atoms with van der Waals surface area (Å²) < 4.78 is 26.7. The first-order chi connectivity index (χ1) is 11.9. The second-order valence-corrected chi connectivity index (χ2v) is 8.37. The van der Waals surface area contributed by atoms with Crippen molar-refractivity contribution in [1.82, 2.24) is 14.2 Å². The maximum absolute atomic E-state index is 12.6. The van der Waals surface area contributed by atoms with Crippen molar-refractivity contribution < 1.29 is 13.5 Å². The number of hydrogen-bond acceptors (Lipinski definition) is 5. The van der Waals surface area contributed by atoms with E-state index in [0.717, 1.165) is 16.7 Å². The van der Waals surface area contributed by atoms with Gasteiger partial charge in [-0.25, -0.2) is 8.42 Å². The molecule has 0 radical (unpaired) electrons. The monoisotopic (exact) mass is 361 g/mol. The molecule has 0 bridgehead atoms. The maximum Gasteiger partial charge on any atom is 0.244 e. The van der Waals surface area contributed by atoms with E-state index >= 15 is 0 Å². The molecule has 134 valence electrons. The number of aromatic nitrogens is 1. The number of phenols is 1. The van der Waals surface area contributed by atoms with Crippen LogP contribution in [0.2, 0.25) is 0 Å². The van der Waals surface area contributed by atoms with Crippen LogP contribution in [0, 0.1) is 13.8 Å². The molecular formula is C18H23N3O3S. The summed E-state index contributed by atoms with van der Waals surface area (Å²) in [6.45, 7) is 6.74. The molecule has 25 heavy (non-hydrogen) atoms. The molecule has 6 nitrogen and oxygen atoms in total. The van der Waals surface area contributed by atoms with Crippen molar-refractivity contribution in [3.63, 3.8) is 0 Å². The molecular weight excluding hydrogens is 338 g/mol. The average Bonchev–Trinajstić information content (AvgIpc) is 2.61. The van der Waals surface area contributed by atoms with Gasteiger partial charge in [-0.05, 0) is 43.2 Å². The Kier molecular flexibility index (Phi) is 5.08. The second-order valence-electron chi connectivity index (χ2n) is 6.43. The minimum absolute atomic E-state index is 0.232. The van der Waals surface area contributed by atoms with E-state index in [2.05, 4.69) is 9.88 Å². The molecule has 1 fully saturated rings. The molecule has 7 heteroatoms. The van der Waals surface area contributed by atoms with Crippen molar-refractivity contribution in [3.05, 3.63) is 53.3 Å². The number of rotatable bonds is 4. The molecule has 0 amide bonds. The van der Waals surface area contributed by atoms with Gasteiger partial charge >= 0.3 is 0 Å². The van der Waals surface area contributed by atoms with Gasteiger partial charge in [-0.1, -0.05) is 6.07 Å². The minimum Gasteiger partial charge on any atom is -0.508 e. The number of aromatic hydroxyl groups is 1. The summed E-state index contributed by atoms with van der Waals surface area (Å²) in [4.78, 5) is 6.30. The highest BCUT2D eigenvalue weighted by atomic mass is 32.2. The Morgan fingerprint density at radius 2 is 1.80 bits per heavy atom. The fourth-order valence-electron chi connectivity index (χ4n) is 3.01. The number of benzene rings is 1. The second kappa shape index (κ2) is 7.11. The molecule has 0 spiro atoms. The summed E-state index contributed by atoms with van der Waals surface area (Å²) >= 11 is 0. The normalized spacial score (nSPS) is 16.9. The van der Waals surface area contributed by atoms with Gasteiger partial charge < -0.3 is 5.11 Å². The van der Waals surface area contributed by atoms with Gasteiger partial charge in [-0.2, -0.15) is 4.31 Å². The lowest BCUT2D eigenvalue weighted by Gasteiger charge is -2.34. The predicted octanol–water partition coefficient (Wildman–Crippen LogP) is 1.91. The SMILES string of the molecule is Cc1cc(O)c(CN2CCN(S(=O)(=O)c3cccnc3)CC2)cc1C. The van der Waals surface area contributed by atoms with Gasteiger partial charge in [0.1, 0.15) is 10.6 Å². The molecule has 0 atom stereocenters. The third-order valence-corrected chi connectivity index (χ3v) is 6.57. The van der Waals surface area contributed by atoms with Crippen LogP contribution >= 0.6 is 0 Å². The molecule has 1 aliphatic heterocycles. The van der Waals surface area contributed by atoms with Crippen LogP contribution in [-0.4, -0.2) is 53.9 Å². The van der Waals surface area contributed by atoms with E-state index in [1.54, 1.807) is 24.4 Å². The predicted molar refractivity (Wildman–Crippen MR) is 95.9 cm³/mol. The highest BCUT2D eigenvalue weighted by Crippen LogP contribution is 2.24. The molecule has 0 aliphatic carbocycles. The van der Waals surface area contributed by atoms with E-state index in [1.807, 2.05) is 19.9 Å². The van der Waals surface area contributed by atoms with Crippen molar-refractivity contribution in [2.24, 2.45) is 0 Å². The first-order valence-electron chi connectivity index (χ1n) is 8.29. The first kappa shape index (κ1) is 17.8. The number of nitrogens with zero attached hydrogens (tertiary/aromatic N) is 3. The van der Waals surface area contributed by atoms with Gasteiger partial charge in [0, 0.05) is 50.7 Å². The van der Waals surface area contributed by atoms with Crippen LogP contribution < -0.4 is 0 Å². The van der Waals surface area contributed by atoms with E-state index in [9.17, 15) is 13.5 Å². The smallest absolute Gasteiger partial charge is 0.244 e. The van der Waals surface area contributed by atoms with Crippen LogP contribution in [-0.2, 0) is 16.6 Å². The zero-order valence-corrected chi connectivity index (χ0v) is 15.3. The molecule has 1 saturated heterocycles. The Hall–Kier alpha value is -1.96. The van der Waals surface area contributed by atoms with Crippen molar-refractivity contribution in [1.29, 1.82) is 0 Å². The number of phenolic OH excluding ortho intramolecular Hbond substituents is 1. The molecule has 0 saturated carbocycles. The Bertz CT molecular complexity index is 845. The van der Waals surface area contributed by atoms with E-state index in [1.165, 1.54) is 10.5 Å². The van der Waals surface area contributed by atoms with Crippen LogP contribution in [0.5, 0.6) is 5.75 Å². The van der Waals surface area contributed by atoms with Crippen LogP contribution in [0.3, 0.4) is 0 Å². The third-order valence-electron chi connectivity index (χ3n) is 4.69. The highest BCUT2D eigenvalue weighted by molar-refractivity contribution is 7.89. The fraction of sp³-hybridized carbons (Fsp3) is 0.389. The van der Waals surface area contributed by atoms with Crippen molar-refractivity contribution in [3.8, 4) is 5.75 Å². The molecule has 1 aliphatic rings. The van der Waals surface area contributed by atoms with E-state index in [4.69, 9.17) is 0 Å². The number of sulfonamides is 1. The highest BCUT2D eigenvalue weighted by Gasteiger charge is 2.28. The number of aryl methyl sites for hydroxylation is 2. The zero-order chi connectivity index (χ0) is 18.0. The molecule has 1 aromatic heterocycles. The van der Waals surface area contributed by atoms with E-state index < -0.39 is 10.0 Å². The van der Waals surface area contributed by atoms with Gasteiger partial charge in [0.15, 0.2) is 0 Å². The molecule has 2 heterocycles. The van der Waals surface area contributed by atoms with Crippen molar-refractivity contribution in [2.45, 2.75) is 25.3 Å². The molecule has 1 N–H and O–H groups in total. The minimum atomic E-state index is -3.48. The summed E-state index contributed by atoms with van der Waals surface area (Å²) in [7, 11) is -3.48. The summed E-state index contributed by atoms with van der Waals surface area (Å²) in [6.07, 6.45) is 2.95. The lowest BCUT2D eigenvalue weighted by atomic mass is 10.0. The van der Waals surface area contributed by atoms with Crippen molar-refractivity contribution in [2.75, 3.05) is 26.2 Å². The van der Waals surface area contributed by atoms with E-state index in [0.29, 0.717) is 38.5 Å². The average molecular weight is 361 g/mol. The fourth-order valence-corrected chi connectivity index (χ4v) is 4.39. The van der Waals surface area contributed by atoms with Gasteiger partial charge in [0.05, 0.1) is 0 Å². The van der Waals surface area contributed by atoms with Gasteiger partial charge in [-0.15, -0.1) is 0 Å². The molecule has 1 aromatic carbocycles. The van der Waals surface area contributed by atoms with Crippen LogP contribution in [0.1, 0.15) is 16.7 Å². The Labute approximate surface area is 148 Å². The quantitative estimate of drug-likeness (QED) is 0.900. The van der Waals surface area contributed by atoms with Crippen LogP contribution in [0.15, 0.2) is 41.6 Å². The Morgan fingerprint density at radius 3 is 2.44 bits per heavy atom. The Morgan fingerprint density at radius 1 is 1.12 bits per heavy atom. The lowest BCUT2D eigenvalue weighted by Crippen LogP contribution is -2.48. The lowest BCUT2D eigenvalue weighted by molar-refractivity contribution is 0.180. The van der Waals surface area contributed by atoms with Crippen LogP contribution in [0.4, 0.5) is 0 Å². The summed E-state index contributed by atoms with van der Waals surface area (Å²) in [5, 5.41) is 10.1. The Balaban J connectivity index is 1.66. The van der Waals surface area contributed by atoms with Crippen LogP contribution in [0.25, 0.3) is 0 Å². The van der Waals surface area contributed by atoms with Gasteiger partial charge in [0.25, 0.3) is 0 Å². The largest absolute Gasteiger partial charge is 0.508 e. The number of piperazine rings is 1. The van der Waals surface area contributed by atoms with Crippen molar-refractivity contribution >= 4 is 10.0 Å². The summed E-state index contributed by atoms with van der Waals surface area (Å²) in [5.74, 6) is 0.300. The molecule has 0 unspecified atom stereocenters. The van der Waals surface area contributed by atoms with Gasteiger partial charge in [-0.3, -0.25) is 9.88 Å². The topological polar surface area (TPSA) is 73.7 Å². The van der Waals surface area contributed by atoms with E-state index in [-0.39, 0.29) is 4.90 Å².